The molecule has 0 radical (unpaired) electrons. The van der Waals surface area contributed by atoms with Gasteiger partial charge in [0.1, 0.15) is 6.73 Å². The summed E-state index contributed by atoms with van der Waals surface area (Å²) in [4.78, 5) is 15.8. The smallest absolute Gasteiger partial charge is 0.322 e. The molecule has 0 N–H and O–H groups in total. The Morgan fingerprint density at radius 1 is 1.42 bits per heavy atom. The molecule has 1 saturated heterocycles. The van der Waals surface area contributed by atoms with Crippen LogP contribution in [0.2, 0.25) is 18.1 Å². The third kappa shape index (κ3) is 5.22. The number of carbonyl (C=O) groups excluding carboxylic acids is 1. The van der Waals surface area contributed by atoms with E-state index in [-0.39, 0.29) is 17.1 Å². The van der Waals surface area contributed by atoms with Crippen LogP contribution in [0.4, 0.5) is 0 Å². The van der Waals surface area contributed by atoms with Crippen molar-refractivity contribution in [3.05, 3.63) is 0 Å². The van der Waals surface area contributed by atoms with Crippen molar-refractivity contribution in [3.8, 4) is 0 Å². The minimum Gasteiger partial charge on any atom is -0.414 e. The summed E-state index contributed by atoms with van der Waals surface area (Å²) in [5, 5.41) is 1.76. The van der Waals surface area contributed by atoms with Crippen molar-refractivity contribution in [2.45, 2.75) is 58.4 Å². The van der Waals surface area contributed by atoms with Crippen LogP contribution in [0.5, 0.6) is 0 Å². The van der Waals surface area contributed by atoms with Crippen molar-refractivity contribution in [3.63, 3.8) is 0 Å². The second-order valence-corrected chi connectivity index (χ2v) is 11.4. The van der Waals surface area contributed by atoms with E-state index in [0.717, 1.165) is 6.42 Å². The summed E-state index contributed by atoms with van der Waals surface area (Å²) in [6.45, 7) is 14.2. The lowest BCUT2D eigenvalue weighted by Gasteiger charge is -2.38. The quantitative estimate of drug-likeness (QED) is 0.744. The first-order valence-electron chi connectivity index (χ1n) is 6.81. The van der Waals surface area contributed by atoms with Crippen molar-refractivity contribution >= 4 is 14.3 Å². The van der Waals surface area contributed by atoms with E-state index >= 15 is 0 Å². The van der Waals surface area contributed by atoms with Gasteiger partial charge in [-0.1, -0.05) is 20.8 Å². The molecule has 1 aliphatic rings. The Morgan fingerprint density at radius 2 is 2.05 bits per heavy atom. The molecule has 0 saturated carbocycles. The molecule has 1 atom stereocenters. The molecule has 0 amide bonds. The van der Waals surface area contributed by atoms with Crippen molar-refractivity contribution in [2.24, 2.45) is 0 Å². The zero-order valence-electron chi connectivity index (χ0n) is 13.0. The summed E-state index contributed by atoms with van der Waals surface area (Å²) in [6.07, 6.45) is 0.919. The topological polar surface area (TPSA) is 48.0 Å². The van der Waals surface area contributed by atoms with Gasteiger partial charge in [-0.05, 0) is 24.6 Å². The van der Waals surface area contributed by atoms with Gasteiger partial charge in [-0.3, -0.25) is 4.79 Å². The van der Waals surface area contributed by atoms with E-state index in [1.807, 2.05) is 0 Å². The largest absolute Gasteiger partial charge is 0.414 e. The monoisotopic (exact) mass is 289 g/mol. The van der Waals surface area contributed by atoms with E-state index in [4.69, 9.17) is 14.0 Å². The molecule has 1 rings (SSSR count). The van der Waals surface area contributed by atoms with Gasteiger partial charge < -0.3 is 14.0 Å². The van der Waals surface area contributed by atoms with E-state index in [2.05, 4.69) is 33.9 Å². The second kappa shape index (κ2) is 6.34. The number of hydrogen-bond donors (Lipinski definition) is 0. The molecule has 1 fully saturated rings. The summed E-state index contributed by atoms with van der Waals surface area (Å²) in [5.41, 5.74) is 0. The number of carbonyl (C=O) groups is 1. The Kier molecular flexibility index (Phi) is 5.55. The first-order valence-corrected chi connectivity index (χ1v) is 9.72. The van der Waals surface area contributed by atoms with Gasteiger partial charge in [0.15, 0.2) is 8.32 Å². The van der Waals surface area contributed by atoms with Gasteiger partial charge >= 0.3 is 5.97 Å². The molecule has 19 heavy (non-hydrogen) atoms. The Bertz CT molecular complexity index is 306. The maximum Gasteiger partial charge on any atom is 0.322 e. The highest BCUT2D eigenvalue weighted by Gasteiger charge is 2.38. The fraction of sp³-hybridized carbons (Fsp3) is 0.923. The number of rotatable bonds is 4. The average molecular weight is 289 g/mol. The van der Waals surface area contributed by atoms with Crippen LogP contribution in [0.15, 0.2) is 0 Å². The molecular weight excluding hydrogens is 262 g/mol. The van der Waals surface area contributed by atoms with E-state index < -0.39 is 8.32 Å². The Hall–Kier alpha value is -0.433. The number of ether oxygens (including phenoxy) is 1. The summed E-state index contributed by atoms with van der Waals surface area (Å²) in [5.74, 6) is -0.306. The lowest BCUT2D eigenvalue weighted by atomic mass is 10.2. The Morgan fingerprint density at radius 3 is 2.47 bits per heavy atom. The molecule has 112 valence electrons. The highest BCUT2D eigenvalue weighted by Crippen LogP contribution is 2.36. The average Bonchev–Trinajstić information content (AvgIpc) is 2.26. The normalized spacial score (nSPS) is 22.3. The third-order valence-electron chi connectivity index (χ3n) is 3.85. The van der Waals surface area contributed by atoms with Gasteiger partial charge in [0.25, 0.3) is 0 Å². The van der Waals surface area contributed by atoms with Gasteiger partial charge in [-0.15, -0.1) is 5.06 Å². The molecule has 0 spiro atoms. The number of hydrogen-bond acceptors (Lipinski definition) is 5. The van der Waals surface area contributed by atoms with E-state index in [1.54, 1.807) is 5.06 Å². The predicted molar refractivity (Wildman–Crippen MR) is 76.0 cm³/mol. The summed E-state index contributed by atoms with van der Waals surface area (Å²) in [7, 11) is -1.71. The van der Waals surface area contributed by atoms with Gasteiger partial charge in [0.2, 0.25) is 0 Å². The first-order chi connectivity index (χ1) is 8.62. The highest BCUT2D eigenvalue weighted by atomic mass is 28.4. The number of nitrogens with zero attached hydrogens (tertiary/aromatic N) is 1. The van der Waals surface area contributed by atoms with Crippen LogP contribution in [-0.4, -0.2) is 45.3 Å². The zero-order valence-corrected chi connectivity index (χ0v) is 14.0. The van der Waals surface area contributed by atoms with Crippen LogP contribution in [0.1, 0.15) is 34.1 Å². The minimum atomic E-state index is -1.71. The van der Waals surface area contributed by atoms with Gasteiger partial charge in [-0.2, -0.15) is 0 Å². The van der Waals surface area contributed by atoms with Crippen molar-refractivity contribution in [1.82, 2.24) is 5.06 Å². The summed E-state index contributed by atoms with van der Waals surface area (Å²) < 4.78 is 11.8. The minimum absolute atomic E-state index is 0.0981. The molecule has 1 unspecified atom stereocenters. The molecule has 1 aliphatic heterocycles. The molecule has 0 aliphatic carbocycles. The van der Waals surface area contributed by atoms with Crippen LogP contribution in [-0.2, 0) is 18.8 Å². The standard InChI is InChI=1S/C13H27NO4Si/c1-11(15)18-14-8-7-12(16-10-14)9-17-19(5,6)13(2,3)4/h12H,7-10H2,1-6H3. The lowest BCUT2D eigenvalue weighted by molar-refractivity contribution is -0.238. The van der Waals surface area contributed by atoms with Crippen LogP contribution in [0, 0.1) is 0 Å². The Labute approximate surface area is 117 Å². The molecule has 1 heterocycles. The lowest BCUT2D eigenvalue weighted by Crippen LogP contribution is -2.45. The summed E-state index contributed by atoms with van der Waals surface area (Å²) >= 11 is 0. The highest BCUT2D eigenvalue weighted by molar-refractivity contribution is 6.74. The number of hydroxylamine groups is 2. The van der Waals surface area contributed by atoms with Crippen LogP contribution < -0.4 is 0 Å². The maximum atomic E-state index is 10.8. The second-order valence-electron chi connectivity index (χ2n) is 6.57. The molecule has 0 aromatic carbocycles. The zero-order chi connectivity index (χ0) is 14.7. The van der Waals surface area contributed by atoms with E-state index in [9.17, 15) is 4.79 Å². The van der Waals surface area contributed by atoms with Gasteiger partial charge in [0.05, 0.1) is 12.7 Å². The SMILES string of the molecule is CC(=O)ON1CCC(CO[Si](C)(C)C(C)(C)C)OC1. The van der Waals surface area contributed by atoms with Crippen LogP contribution >= 0.6 is 0 Å². The van der Waals surface area contributed by atoms with Crippen molar-refractivity contribution in [1.29, 1.82) is 0 Å². The Balaban J connectivity index is 2.32. The first kappa shape index (κ1) is 16.6. The van der Waals surface area contributed by atoms with Gasteiger partial charge in [-0.25, -0.2) is 0 Å². The maximum absolute atomic E-state index is 10.8. The fourth-order valence-electron chi connectivity index (χ4n) is 1.53. The molecule has 0 aromatic rings. The molecule has 0 aromatic heterocycles. The summed E-state index contributed by atoms with van der Waals surface area (Å²) in [6, 6.07) is 0. The van der Waals surface area contributed by atoms with Crippen LogP contribution in [0.25, 0.3) is 0 Å². The van der Waals surface area contributed by atoms with Crippen LogP contribution in [0.3, 0.4) is 0 Å². The van der Waals surface area contributed by atoms with Gasteiger partial charge in [0, 0.05) is 13.5 Å². The third-order valence-corrected chi connectivity index (χ3v) is 8.35. The van der Waals surface area contributed by atoms with E-state index in [1.165, 1.54) is 6.92 Å². The van der Waals surface area contributed by atoms with Crippen molar-refractivity contribution < 1.29 is 18.8 Å². The predicted octanol–water partition coefficient (Wildman–Crippen LogP) is 2.53. The molecule has 0 bridgehead atoms. The molecule has 5 nitrogen and oxygen atoms in total. The molecule has 6 heteroatoms. The van der Waals surface area contributed by atoms with Crippen molar-refractivity contribution in [2.75, 3.05) is 19.9 Å². The fourth-order valence-corrected chi connectivity index (χ4v) is 2.56. The van der Waals surface area contributed by atoms with E-state index in [0.29, 0.717) is 19.9 Å². The molecular formula is C13H27NO4Si.